The van der Waals surface area contributed by atoms with E-state index in [0.717, 1.165) is 22.5 Å². The van der Waals surface area contributed by atoms with Crippen LogP contribution >= 0.6 is 34.5 Å². The third-order valence-corrected chi connectivity index (χ3v) is 6.05. The van der Waals surface area contributed by atoms with E-state index in [-0.39, 0.29) is 15.8 Å². The molecule has 0 saturated carbocycles. The molecule has 0 bridgehead atoms. The van der Waals surface area contributed by atoms with Crippen molar-refractivity contribution in [3.8, 4) is 17.8 Å². The molecule has 0 unspecified atom stereocenters. The van der Waals surface area contributed by atoms with Crippen LogP contribution in [0.25, 0.3) is 17.3 Å². The second-order valence-corrected chi connectivity index (χ2v) is 7.90. The first-order chi connectivity index (χ1) is 13.4. The molecule has 0 saturated heterocycles. The lowest BCUT2D eigenvalue weighted by atomic mass is 10.1. The first kappa shape index (κ1) is 19.9. The van der Waals surface area contributed by atoms with Gasteiger partial charge in [0.1, 0.15) is 16.8 Å². The Labute approximate surface area is 175 Å². The molecule has 0 aliphatic heterocycles. The minimum atomic E-state index is -0.328. The Balaban J connectivity index is 2.45. The second-order valence-electron chi connectivity index (χ2n) is 6.09. The number of halogens is 2. The summed E-state index contributed by atoms with van der Waals surface area (Å²) < 4.78 is 2.04. The third kappa shape index (κ3) is 3.61. The molecule has 0 aliphatic carbocycles. The number of thiazole rings is 1. The largest absolute Gasteiger partial charge is 0.273 e. The number of nitrogens with zero attached hydrogens (tertiary/aromatic N) is 3. The van der Waals surface area contributed by atoms with Gasteiger partial charge in [-0.15, -0.1) is 11.3 Å². The van der Waals surface area contributed by atoms with Gasteiger partial charge in [-0.2, -0.15) is 10.5 Å². The minimum absolute atomic E-state index is 0.126. The lowest BCUT2D eigenvalue weighted by Crippen LogP contribution is -2.31. The smallest absolute Gasteiger partial charge is 0.267 e. The number of benzene rings is 2. The fourth-order valence-electron chi connectivity index (χ4n) is 2.82. The van der Waals surface area contributed by atoms with Crippen LogP contribution in [0.2, 0.25) is 10.0 Å². The van der Waals surface area contributed by atoms with Crippen LogP contribution in [0.3, 0.4) is 0 Å². The van der Waals surface area contributed by atoms with Gasteiger partial charge < -0.3 is 0 Å². The van der Waals surface area contributed by atoms with E-state index in [4.69, 9.17) is 23.2 Å². The summed E-state index contributed by atoms with van der Waals surface area (Å²) in [7, 11) is 0. The van der Waals surface area contributed by atoms with Crippen molar-refractivity contribution in [2.24, 2.45) is 0 Å². The van der Waals surface area contributed by atoms with E-state index >= 15 is 0 Å². The summed E-state index contributed by atoms with van der Waals surface area (Å²) in [5, 5.41) is 19.4. The molecule has 2 aromatic carbocycles. The van der Waals surface area contributed by atoms with Gasteiger partial charge in [-0.05, 0) is 43.2 Å². The molecule has 3 aromatic rings. The zero-order valence-electron chi connectivity index (χ0n) is 15.0. The van der Waals surface area contributed by atoms with E-state index < -0.39 is 0 Å². The standard InChI is InChI=1S/C21H13Cl2N3OS/c1-12-6-7-17(13(2)8-12)26-20(27)18(28-21(26)15(10-24)11-25)9-14-4-3-5-16(22)19(14)23/h3-9H,1-2H3/b18-9+. The molecule has 0 aliphatic rings. The Hall–Kier alpha value is -2.83. The zero-order chi connectivity index (χ0) is 20.4. The van der Waals surface area contributed by atoms with Crippen LogP contribution in [-0.2, 0) is 0 Å². The van der Waals surface area contributed by atoms with Crippen molar-refractivity contribution in [2.45, 2.75) is 13.8 Å². The minimum Gasteiger partial charge on any atom is -0.267 e. The van der Waals surface area contributed by atoms with E-state index in [2.05, 4.69) is 0 Å². The van der Waals surface area contributed by atoms with Gasteiger partial charge in [0, 0.05) is 0 Å². The van der Waals surface area contributed by atoms with Crippen molar-refractivity contribution in [3.05, 3.63) is 82.7 Å². The van der Waals surface area contributed by atoms with Gasteiger partial charge in [0.2, 0.25) is 0 Å². The van der Waals surface area contributed by atoms with E-state index in [1.807, 2.05) is 44.2 Å². The number of aromatic nitrogens is 1. The number of aryl methyl sites for hydroxylation is 2. The van der Waals surface area contributed by atoms with Gasteiger partial charge >= 0.3 is 0 Å². The predicted molar refractivity (Wildman–Crippen MR) is 113 cm³/mol. The van der Waals surface area contributed by atoms with Gasteiger partial charge in [-0.25, -0.2) is 0 Å². The second kappa shape index (κ2) is 8.04. The summed E-state index contributed by atoms with van der Waals surface area (Å²) in [5.41, 5.74) is 2.67. The third-order valence-electron chi connectivity index (χ3n) is 4.12. The van der Waals surface area contributed by atoms with Gasteiger partial charge in [-0.1, -0.05) is 53.0 Å². The fourth-order valence-corrected chi connectivity index (χ4v) is 4.22. The van der Waals surface area contributed by atoms with Crippen LogP contribution in [0, 0.1) is 36.5 Å². The summed E-state index contributed by atoms with van der Waals surface area (Å²) in [6.07, 6.45) is 1.62. The molecule has 0 fully saturated rings. The number of rotatable bonds is 2. The molecular weight excluding hydrogens is 413 g/mol. The average molecular weight is 426 g/mol. The van der Waals surface area contributed by atoms with Crippen LogP contribution in [0.15, 0.2) is 41.2 Å². The first-order valence-corrected chi connectivity index (χ1v) is 9.74. The summed E-state index contributed by atoms with van der Waals surface area (Å²) >= 11 is 13.4. The molecule has 0 amide bonds. The Morgan fingerprint density at radius 3 is 2.50 bits per heavy atom. The average Bonchev–Trinajstić information content (AvgIpc) is 2.97. The molecule has 1 aromatic heterocycles. The molecular formula is C21H13Cl2N3OS. The van der Waals surface area contributed by atoms with Crippen LogP contribution < -0.4 is 14.8 Å². The van der Waals surface area contributed by atoms with Gasteiger partial charge in [-0.3, -0.25) is 9.36 Å². The quantitative estimate of drug-likeness (QED) is 0.625. The highest BCUT2D eigenvalue weighted by molar-refractivity contribution is 7.07. The van der Waals surface area contributed by atoms with Crippen LogP contribution in [0.1, 0.15) is 16.7 Å². The molecule has 0 N–H and O–H groups in total. The molecule has 0 radical (unpaired) electrons. The molecule has 0 atom stereocenters. The maximum Gasteiger partial charge on any atom is 0.273 e. The molecule has 28 heavy (non-hydrogen) atoms. The number of hydrogen-bond acceptors (Lipinski definition) is 4. The van der Waals surface area contributed by atoms with E-state index in [0.29, 0.717) is 25.8 Å². The molecule has 0 spiro atoms. The number of nitriles is 2. The Morgan fingerprint density at radius 2 is 1.86 bits per heavy atom. The van der Waals surface area contributed by atoms with Crippen molar-refractivity contribution >= 4 is 46.2 Å². The molecule has 3 rings (SSSR count). The van der Waals surface area contributed by atoms with Crippen LogP contribution in [0.4, 0.5) is 0 Å². The van der Waals surface area contributed by atoms with Gasteiger partial charge in [0.15, 0.2) is 5.57 Å². The highest BCUT2D eigenvalue weighted by atomic mass is 35.5. The monoisotopic (exact) mass is 425 g/mol. The Bertz CT molecular complexity index is 1340. The highest BCUT2D eigenvalue weighted by Crippen LogP contribution is 2.25. The molecule has 4 nitrogen and oxygen atoms in total. The summed E-state index contributed by atoms with van der Waals surface area (Å²) in [4.78, 5) is 13.2. The topological polar surface area (TPSA) is 69.6 Å². The summed E-state index contributed by atoms with van der Waals surface area (Å²) in [5.74, 6) is 0. The van der Waals surface area contributed by atoms with Gasteiger partial charge in [0.05, 0.1) is 20.3 Å². The highest BCUT2D eigenvalue weighted by Gasteiger charge is 2.13. The maximum absolute atomic E-state index is 13.2. The van der Waals surface area contributed by atoms with Crippen LogP contribution in [-0.4, -0.2) is 4.57 Å². The van der Waals surface area contributed by atoms with E-state index in [9.17, 15) is 15.3 Å². The lowest BCUT2D eigenvalue weighted by Gasteiger charge is -2.07. The SMILES string of the molecule is Cc1ccc(-n2c(=C(C#N)C#N)s/c(=C/c3cccc(Cl)c3Cl)c2=O)c(C)c1. The van der Waals surface area contributed by atoms with Crippen molar-refractivity contribution < 1.29 is 0 Å². The first-order valence-electron chi connectivity index (χ1n) is 8.17. The van der Waals surface area contributed by atoms with Crippen molar-refractivity contribution in [3.63, 3.8) is 0 Å². The summed E-state index contributed by atoms with van der Waals surface area (Å²) in [6.45, 7) is 3.84. The fraction of sp³-hybridized carbons (Fsp3) is 0.0952. The summed E-state index contributed by atoms with van der Waals surface area (Å²) in [6, 6.07) is 14.5. The predicted octanol–water partition coefficient (Wildman–Crippen LogP) is 3.85. The molecule has 7 heteroatoms. The van der Waals surface area contributed by atoms with E-state index in [1.165, 1.54) is 4.57 Å². The normalized spacial score (nSPS) is 11.1. The van der Waals surface area contributed by atoms with Crippen molar-refractivity contribution in [1.29, 1.82) is 10.5 Å². The van der Waals surface area contributed by atoms with E-state index in [1.54, 1.807) is 24.3 Å². The molecule has 1 heterocycles. The van der Waals surface area contributed by atoms with Crippen molar-refractivity contribution in [2.75, 3.05) is 0 Å². The maximum atomic E-state index is 13.2. The lowest BCUT2D eigenvalue weighted by molar-refractivity contribution is 0.973. The van der Waals surface area contributed by atoms with Crippen molar-refractivity contribution in [1.82, 2.24) is 4.57 Å². The zero-order valence-corrected chi connectivity index (χ0v) is 17.3. The van der Waals surface area contributed by atoms with Gasteiger partial charge in [0.25, 0.3) is 5.56 Å². The number of hydrogen-bond donors (Lipinski definition) is 0. The van der Waals surface area contributed by atoms with Crippen LogP contribution in [0.5, 0.6) is 0 Å². The Morgan fingerprint density at radius 1 is 1.14 bits per heavy atom. The molecule has 138 valence electrons. The Kier molecular flexibility index (Phi) is 5.72.